The first-order valence-electron chi connectivity index (χ1n) is 12.4. The van der Waals surface area contributed by atoms with Crippen molar-refractivity contribution in [2.75, 3.05) is 26.6 Å². The van der Waals surface area contributed by atoms with Crippen LogP contribution < -0.4 is 9.47 Å². The van der Waals surface area contributed by atoms with Crippen molar-refractivity contribution in [2.45, 2.75) is 75.7 Å². The number of rotatable bonds is 6. The Morgan fingerprint density at radius 2 is 1.68 bits per heavy atom. The van der Waals surface area contributed by atoms with Crippen LogP contribution in [0.2, 0.25) is 0 Å². The summed E-state index contributed by atoms with van der Waals surface area (Å²) in [6.45, 7) is 4.21. The first kappa shape index (κ1) is 19.0. The van der Waals surface area contributed by atoms with E-state index in [2.05, 4.69) is 23.1 Å². The summed E-state index contributed by atoms with van der Waals surface area (Å²) in [5.41, 5.74) is 4.34. The first-order chi connectivity index (χ1) is 15.3. The molecule has 0 bridgehead atoms. The average molecular weight is 424 g/mol. The quantitative estimate of drug-likeness (QED) is 0.635. The molecule has 0 N–H and O–H groups in total. The zero-order valence-corrected chi connectivity index (χ0v) is 18.3. The van der Waals surface area contributed by atoms with Gasteiger partial charge in [0.2, 0.25) is 6.79 Å². The van der Waals surface area contributed by atoms with E-state index in [0.717, 1.165) is 56.1 Å². The Balaban J connectivity index is 1.25. The number of fused-ring (bicyclic) bond motifs is 3. The normalized spacial score (nSPS) is 34.0. The smallest absolute Gasteiger partial charge is 0.231 e. The van der Waals surface area contributed by atoms with Crippen LogP contribution in [0.5, 0.6) is 11.5 Å². The van der Waals surface area contributed by atoms with Crippen molar-refractivity contribution in [3.8, 4) is 11.5 Å². The summed E-state index contributed by atoms with van der Waals surface area (Å²) < 4.78 is 24.9. The van der Waals surface area contributed by atoms with Crippen molar-refractivity contribution < 1.29 is 18.9 Å². The lowest BCUT2D eigenvalue weighted by molar-refractivity contribution is -0.103. The zero-order chi connectivity index (χ0) is 20.4. The molecule has 1 aromatic rings. The number of hydrogen-bond acceptors (Lipinski definition) is 5. The lowest BCUT2D eigenvalue weighted by atomic mass is 9.72. The Morgan fingerprint density at radius 3 is 2.42 bits per heavy atom. The molecule has 166 valence electrons. The molecule has 1 aromatic carbocycles. The summed E-state index contributed by atoms with van der Waals surface area (Å²) in [6, 6.07) is 4.92. The van der Waals surface area contributed by atoms with Gasteiger partial charge >= 0.3 is 0 Å². The number of nitrogens with zero attached hydrogens (tertiary/aromatic N) is 1. The summed E-state index contributed by atoms with van der Waals surface area (Å²) >= 11 is 0. The van der Waals surface area contributed by atoms with Gasteiger partial charge in [-0.25, -0.2) is 0 Å². The van der Waals surface area contributed by atoms with E-state index >= 15 is 0 Å². The maximum atomic E-state index is 6.79. The topological polar surface area (TPSA) is 40.2 Å². The summed E-state index contributed by atoms with van der Waals surface area (Å²) in [6.07, 6.45) is 11.7. The number of ether oxygens (including phenoxy) is 4. The molecule has 6 aliphatic rings. The van der Waals surface area contributed by atoms with Crippen molar-refractivity contribution in [1.82, 2.24) is 4.90 Å². The fourth-order valence-electron chi connectivity index (χ4n) is 6.47. The predicted octanol–water partition coefficient (Wildman–Crippen LogP) is 4.40. The van der Waals surface area contributed by atoms with Gasteiger partial charge in [0.15, 0.2) is 11.5 Å². The minimum Gasteiger partial charge on any atom is -0.454 e. The molecule has 5 heteroatoms. The van der Waals surface area contributed by atoms with Gasteiger partial charge < -0.3 is 18.9 Å². The standard InChI is InChI=1S/C26H33NO4/c1-3-16(4-1)13-28-23-9-18-7-8-27-12-19-10-21-22(31-15-30-21)11-20(19)24(25(18)27)26(23)29-14-17-5-2-6-17/h9-11,16-17,23-26H,1-8,12-15H2/t23-,24-,25+,26+/m0/s1. The molecule has 2 saturated carbocycles. The van der Waals surface area contributed by atoms with E-state index < -0.39 is 0 Å². The van der Waals surface area contributed by atoms with E-state index in [1.165, 1.54) is 49.7 Å². The molecular formula is C26H33NO4. The van der Waals surface area contributed by atoms with Crippen LogP contribution in [-0.2, 0) is 16.0 Å². The molecule has 3 aliphatic carbocycles. The van der Waals surface area contributed by atoms with Crippen LogP contribution in [0.25, 0.3) is 0 Å². The van der Waals surface area contributed by atoms with Crippen molar-refractivity contribution in [3.05, 3.63) is 34.9 Å². The van der Waals surface area contributed by atoms with Crippen LogP contribution in [0, 0.1) is 11.8 Å². The molecule has 3 fully saturated rings. The Hall–Kier alpha value is -1.56. The molecule has 5 nitrogen and oxygen atoms in total. The van der Waals surface area contributed by atoms with Gasteiger partial charge in [0, 0.05) is 31.7 Å². The monoisotopic (exact) mass is 423 g/mol. The lowest BCUT2D eigenvalue weighted by Gasteiger charge is -2.47. The SMILES string of the molecule is C1=C2CCN3Cc4cc5c(cc4[C@H]([C@H](OCC4CCC4)[C@H]1OCC1CCC1)[C@@H]23)OCO5. The second-order valence-electron chi connectivity index (χ2n) is 10.5. The van der Waals surface area contributed by atoms with E-state index in [-0.39, 0.29) is 12.2 Å². The van der Waals surface area contributed by atoms with Crippen molar-refractivity contribution >= 4 is 0 Å². The molecule has 3 heterocycles. The van der Waals surface area contributed by atoms with Crippen LogP contribution in [0.1, 0.15) is 62.0 Å². The largest absolute Gasteiger partial charge is 0.454 e. The van der Waals surface area contributed by atoms with Crippen molar-refractivity contribution in [3.63, 3.8) is 0 Å². The fraction of sp³-hybridized carbons (Fsp3) is 0.692. The maximum absolute atomic E-state index is 6.79. The van der Waals surface area contributed by atoms with E-state index in [1.54, 1.807) is 5.57 Å². The molecule has 0 aromatic heterocycles. The second-order valence-corrected chi connectivity index (χ2v) is 10.5. The second kappa shape index (κ2) is 7.50. The van der Waals surface area contributed by atoms with Gasteiger partial charge in [0.05, 0.1) is 12.7 Å². The minimum atomic E-state index is 0.0632. The van der Waals surface area contributed by atoms with Gasteiger partial charge in [-0.3, -0.25) is 4.90 Å². The van der Waals surface area contributed by atoms with Gasteiger partial charge in [-0.15, -0.1) is 0 Å². The third-order valence-electron chi connectivity index (χ3n) is 8.72. The van der Waals surface area contributed by atoms with E-state index in [9.17, 15) is 0 Å². The highest BCUT2D eigenvalue weighted by molar-refractivity contribution is 5.53. The zero-order valence-electron chi connectivity index (χ0n) is 18.3. The highest BCUT2D eigenvalue weighted by atomic mass is 16.7. The maximum Gasteiger partial charge on any atom is 0.231 e. The summed E-state index contributed by atoms with van der Waals surface area (Å²) in [7, 11) is 0. The molecule has 1 saturated heterocycles. The molecule has 4 atom stereocenters. The van der Waals surface area contributed by atoms with Crippen LogP contribution in [0.15, 0.2) is 23.8 Å². The van der Waals surface area contributed by atoms with E-state index in [4.69, 9.17) is 18.9 Å². The van der Waals surface area contributed by atoms with E-state index in [1.807, 2.05) is 0 Å². The first-order valence-corrected chi connectivity index (χ1v) is 12.4. The van der Waals surface area contributed by atoms with Gasteiger partial charge in [-0.1, -0.05) is 24.5 Å². The Morgan fingerprint density at radius 1 is 0.935 bits per heavy atom. The molecule has 3 aliphatic heterocycles. The van der Waals surface area contributed by atoms with Crippen LogP contribution in [-0.4, -0.2) is 49.7 Å². The molecule has 31 heavy (non-hydrogen) atoms. The molecule has 7 rings (SSSR count). The molecular weight excluding hydrogens is 390 g/mol. The summed E-state index contributed by atoms with van der Waals surface area (Å²) in [5, 5.41) is 0. The third kappa shape index (κ3) is 3.15. The van der Waals surface area contributed by atoms with Gasteiger partial charge in [-0.2, -0.15) is 0 Å². The average Bonchev–Trinajstić information content (AvgIpc) is 3.32. The molecule has 0 radical (unpaired) electrons. The number of benzene rings is 1. The predicted molar refractivity (Wildman–Crippen MR) is 116 cm³/mol. The highest BCUT2D eigenvalue weighted by Crippen LogP contribution is 2.51. The van der Waals surface area contributed by atoms with Crippen molar-refractivity contribution in [1.29, 1.82) is 0 Å². The van der Waals surface area contributed by atoms with Crippen molar-refractivity contribution in [2.24, 2.45) is 11.8 Å². The minimum absolute atomic E-state index is 0.0632. The Kier molecular flexibility index (Phi) is 4.59. The van der Waals surface area contributed by atoms with Crippen LogP contribution in [0.4, 0.5) is 0 Å². The summed E-state index contributed by atoms with van der Waals surface area (Å²) in [4.78, 5) is 2.66. The Labute approximate surface area is 184 Å². The molecule has 0 spiro atoms. The third-order valence-corrected chi connectivity index (χ3v) is 8.72. The number of hydrogen-bond donors (Lipinski definition) is 0. The van der Waals surface area contributed by atoms with Gasteiger partial charge in [0.25, 0.3) is 0 Å². The summed E-state index contributed by atoms with van der Waals surface area (Å²) in [5.74, 6) is 3.58. The van der Waals surface area contributed by atoms with Gasteiger partial charge in [-0.05, 0) is 67.2 Å². The fourth-order valence-corrected chi connectivity index (χ4v) is 6.47. The molecule has 0 unspecified atom stereocenters. The van der Waals surface area contributed by atoms with Crippen LogP contribution in [0.3, 0.4) is 0 Å². The highest BCUT2D eigenvalue weighted by Gasteiger charge is 2.50. The van der Waals surface area contributed by atoms with Crippen LogP contribution >= 0.6 is 0 Å². The Bertz CT molecular complexity index is 890. The molecule has 0 amide bonds. The van der Waals surface area contributed by atoms with E-state index in [0.29, 0.717) is 18.8 Å². The lowest BCUT2D eigenvalue weighted by Crippen LogP contribution is -2.52. The van der Waals surface area contributed by atoms with Gasteiger partial charge in [0.1, 0.15) is 6.10 Å².